The van der Waals surface area contributed by atoms with Crippen LogP contribution in [0, 0.1) is 0 Å². The Balaban J connectivity index is 0.000000351. The Morgan fingerprint density at radius 2 is 1.89 bits per heavy atom. The van der Waals surface area contributed by atoms with Crippen molar-refractivity contribution < 1.29 is 9.90 Å². The molecule has 0 unspecified atom stereocenters. The van der Waals surface area contributed by atoms with Gasteiger partial charge in [0.15, 0.2) is 0 Å². The molecule has 18 heavy (non-hydrogen) atoms. The third-order valence-corrected chi connectivity index (χ3v) is 3.25. The second kappa shape index (κ2) is 11.3. The molecule has 3 N–H and O–H groups in total. The number of allylic oxidation sites excluding steroid dienone is 1. The van der Waals surface area contributed by atoms with Gasteiger partial charge < -0.3 is 10.8 Å². The fourth-order valence-corrected chi connectivity index (χ4v) is 1.93. The van der Waals surface area contributed by atoms with Gasteiger partial charge >= 0.3 is 5.97 Å². The number of hydrogen-bond donors (Lipinski definition) is 2. The molecule has 0 aromatic rings. The number of hydrogen-bond acceptors (Lipinski definition) is 2. The van der Waals surface area contributed by atoms with Crippen LogP contribution in [-0.2, 0) is 4.79 Å². The van der Waals surface area contributed by atoms with Crippen LogP contribution in [0.4, 0.5) is 0 Å². The van der Waals surface area contributed by atoms with E-state index in [0.717, 1.165) is 12.8 Å². The molecule has 0 heterocycles. The highest BCUT2D eigenvalue weighted by Crippen LogP contribution is 2.14. The fraction of sp³-hybridized carbons (Fsp3) is 0.800. The lowest BCUT2D eigenvalue weighted by Crippen LogP contribution is -2.22. The molecule has 0 aliphatic heterocycles. The molecular formula is C15H29NO2. The first-order valence-corrected chi connectivity index (χ1v) is 7.23. The molecule has 3 nitrogen and oxygen atoms in total. The summed E-state index contributed by atoms with van der Waals surface area (Å²) in [5.74, 6) is -0.804. The van der Waals surface area contributed by atoms with Crippen molar-refractivity contribution in [2.24, 2.45) is 5.73 Å². The maximum absolute atomic E-state index is 10.3. The lowest BCUT2D eigenvalue weighted by Gasteiger charge is -2.15. The molecule has 0 amide bonds. The summed E-state index contributed by atoms with van der Waals surface area (Å²) >= 11 is 0. The molecule has 0 radical (unpaired) electrons. The van der Waals surface area contributed by atoms with Crippen molar-refractivity contribution in [1.82, 2.24) is 0 Å². The van der Waals surface area contributed by atoms with Gasteiger partial charge in [-0.25, -0.2) is 4.79 Å². The van der Waals surface area contributed by atoms with E-state index in [9.17, 15) is 4.79 Å². The minimum Gasteiger partial charge on any atom is -0.478 e. The van der Waals surface area contributed by atoms with Crippen LogP contribution >= 0.6 is 0 Å². The monoisotopic (exact) mass is 255 g/mol. The van der Waals surface area contributed by atoms with Crippen molar-refractivity contribution >= 4 is 5.97 Å². The molecule has 1 fully saturated rings. The minimum absolute atomic E-state index is 0.459. The standard InChI is InChI=1S/C9H16O2.C6H13N/c1-3-4-5-6-7-8(2)9(10)11;7-6-4-2-1-3-5-6/h7H,3-6H2,1-2H3,(H,10,11);6H,1-5,7H2. The van der Waals surface area contributed by atoms with E-state index in [1.54, 1.807) is 13.0 Å². The Hall–Kier alpha value is -0.830. The van der Waals surface area contributed by atoms with Crippen molar-refractivity contribution in [2.75, 3.05) is 0 Å². The van der Waals surface area contributed by atoms with E-state index in [1.165, 1.54) is 44.9 Å². The maximum atomic E-state index is 10.3. The van der Waals surface area contributed by atoms with Crippen LogP contribution in [0.15, 0.2) is 11.6 Å². The summed E-state index contributed by atoms with van der Waals surface area (Å²) in [5, 5.41) is 8.47. The Morgan fingerprint density at radius 3 is 2.28 bits per heavy atom. The average Bonchev–Trinajstić information content (AvgIpc) is 2.36. The molecule has 0 spiro atoms. The normalized spacial score (nSPS) is 16.9. The summed E-state index contributed by atoms with van der Waals surface area (Å²) < 4.78 is 0. The van der Waals surface area contributed by atoms with Gasteiger partial charge in [-0.05, 0) is 32.6 Å². The van der Waals surface area contributed by atoms with Crippen LogP contribution in [0.2, 0.25) is 0 Å². The van der Waals surface area contributed by atoms with Gasteiger partial charge in [0.2, 0.25) is 0 Å². The number of rotatable bonds is 5. The predicted octanol–water partition coefficient (Wildman–Crippen LogP) is 3.88. The van der Waals surface area contributed by atoms with Gasteiger partial charge in [-0.15, -0.1) is 0 Å². The molecule has 1 aliphatic rings. The van der Waals surface area contributed by atoms with E-state index in [1.807, 2.05) is 0 Å². The van der Waals surface area contributed by atoms with E-state index in [4.69, 9.17) is 10.8 Å². The predicted molar refractivity (Wildman–Crippen MR) is 76.6 cm³/mol. The van der Waals surface area contributed by atoms with Crippen molar-refractivity contribution in [2.45, 2.75) is 77.7 Å². The Kier molecular flexibility index (Phi) is 10.8. The molecule has 0 saturated heterocycles. The van der Waals surface area contributed by atoms with Crippen LogP contribution < -0.4 is 5.73 Å². The largest absolute Gasteiger partial charge is 0.478 e. The average molecular weight is 255 g/mol. The molecule has 3 heteroatoms. The van der Waals surface area contributed by atoms with Gasteiger partial charge in [-0.2, -0.15) is 0 Å². The summed E-state index contributed by atoms with van der Waals surface area (Å²) in [7, 11) is 0. The number of carboxylic acid groups (broad SMARTS) is 1. The van der Waals surface area contributed by atoms with Gasteiger partial charge in [-0.1, -0.05) is 45.1 Å². The number of carboxylic acids is 1. The molecule has 0 atom stereocenters. The highest BCUT2D eigenvalue weighted by Gasteiger charge is 2.06. The molecule has 0 aromatic heterocycles. The second-order valence-electron chi connectivity index (χ2n) is 5.09. The SMILES string of the molecule is CCCCCC=C(C)C(=O)O.NC1CCCCC1. The molecule has 1 saturated carbocycles. The summed E-state index contributed by atoms with van der Waals surface area (Å²) in [6, 6.07) is 0.536. The first-order valence-electron chi connectivity index (χ1n) is 7.23. The molecule has 0 aromatic carbocycles. The molecule has 0 bridgehead atoms. The summed E-state index contributed by atoms with van der Waals surface area (Å²) in [6.07, 6.45) is 12.8. The zero-order chi connectivity index (χ0) is 13.8. The fourth-order valence-electron chi connectivity index (χ4n) is 1.93. The van der Waals surface area contributed by atoms with E-state index in [-0.39, 0.29) is 0 Å². The number of carbonyl (C=O) groups is 1. The van der Waals surface area contributed by atoms with Gasteiger partial charge in [0.05, 0.1) is 0 Å². The van der Waals surface area contributed by atoms with Gasteiger partial charge in [0, 0.05) is 11.6 Å². The smallest absolute Gasteiger partial charge is 0.330 e. The number of aliphatic carboxylic acids is 1. The molecule has 1 aliphatic carbocycles. The number of unbranched alkanes of at least 4 members (excludes halogenated alkanes) is 3. The topological polar surface area (TPSA) is 63.3 Å². The van der Waals surface area contributed by atoms with Crippen LogP contribution in [0.3, 0.4) is 0 Å². The van der Waals surface area contributed by atoms with Crippen LogP contribution in [0.25, 0.3) is 0 Å². The molecule has 1 rings (SSSR count). The van der Waals surface area contributed by atoms with Crippen LogP contribution in [0.1, 0.15) is 71.6 Å². The third-order valence-electron chi connectivity index (χ3n) is 3.25. The third kappa shape index (κ3) is 10.3. The van der Waals surface area contributed by atoms with Crippen molar-refractivity contribution in [3.63, 3.8) is 0 Å². The summed E-state index contributed by atoms with van der Waals surface area (Å²) in [5.41, 5.74) is 6.09. The van der Waals surface area contributed by atoms with Crippen molar-refractivity contribution in [1.29, 1.82) is 0 Å². The lowest BCUT2D eigenvalue weighted by molar-refractivity contribution is -0.132. The first-order chi connectivity index (χ1) is 8.57. The number of nitrogens with two attached hydrogens (primary N) is 1. The van der Waals surface area contributed by atoms with E-state index >= 15 is 0 Å². The Bertz CT molecular complexity index is 243. The highest BCUT2D eigenvalue weighted by atomic mass is 16.4. The maximum Gasteiger partial charge on any atom is 0.330 e. The van der Waals surface area contributed by atoms with E-state index in [2.05, 4.69) is 6.92 Å². The molecule has 106 valence electrons. The van der Waals surface area contributed by atoms with Gasteiger partial charge in [0.25, 0.3) is 0 Å². The first kappa shape index (κ1) is 17.2. The van der Waals surface area contributed by atoms with Gasteiger partial charge in [-0.3, -0.25) is 0 Å². The summed E-state index contributed by atoms with van der Waals surface area (Å²) in [4.78, 5) is 10.3. The van der Waals surface area contributed by atoms with E-state index in [0.29, 0.717) is 11.6 Å². The quantitative estimate of drug-likeness (QED) is 0.579. The van der Waals surface area contributed by atoms with Crippen molar-refractivity contribution in [3.05, 3.63) is 11.6 Å². The van der Waals surface area contributed by atoms with Crippen LogP contribution in [-0.4, -0.2) is 17.1 Å². The van der Waals surface area contributed by atoms with E-state index < -0.39 is 5.97 Å². The highest BCUT2D eigenvalue weighted by molar-refractivity contribution is 5.85. The lowest BCUT2D eigenvalue weighted by atomic mass is 9.97. The van der Waals surface area contributed by atoms with Gasteiger partial charge in [0.1, 0.15) is 0 Å². The zero-order valence-electron chi connectivity index (χ0n) is 12.0. The molecular weight excluding hydrogens is 226 g/mol. The second-order valence-corrected chi connectivity index (χ2v) is 5.09. The Labute approximate surface area is 111 Å². The summed E-state index contributed by atoms with van der Waals surface area (Å²) in [6.45, 7) is 3.77. The Morgan fingerprint density at radius 1 is 1.28 bits per heavy atom. The zero-order valence-corrected chi connectivity index (χ0v) is 12.0. The minimum atomic E-state index is -0.804. The van der Waals surface area contributed by atoms with Crippen molar-refractivity contribution in [3.8, 4) is 0 Å². The van der Waals surface area contributed by atoms with Crippen LogP contribution in [0.5, 0.6) is 0 Å².